The van der Waals surface area contributed by atoms with Gasteiger partial charge in [-0.2, -0.15) is 0 Å². The van der Waals surface area contributed by atoms with Gasteiger partial charge < -0.3 is 14.8 Å². The van der Waals surface area contributed by atoms with Crippen LogP contribution in [0.15, 0.2) is 53.6 Å². The van der Waals surface area contributed by atoms with E-state index in [-0.39, 0.29) is 23.9 Å². The third-order valence-electron chi connectivity index (χ3n) is 5.95. The Labute approximate surface area is 183 Å². The van der Waals surface area contributed by atoms with Gasteiger partial charge in [0.2, 0.25) is 0 Å². The number of fused-ring (bicyclic) bond motifs is 1. The summed E-state index contributed by atoms with van der Waals surface area (Å²) in [6.07, 6.45) is 4.23. The molecular weight excluding hydrogens is 425 g/mol. The molecule has 3 aromatic rings. The quantitative estimate of drug-likeness (QED) is 0.643. The van der Waals surface area contributed by atoms with Gasteiger partial charge in [0.1, 0.15) is 11.9 Å². The molecule has 0 saturated carbocycles. The van der Waals surface area contributed by atoms with Crippen LogP contribution in [0.1, 0.15) is 23.7 Å². The molecular formula is C22H21Cl2N3O3. The zero-order valence-corrected chi connectivity index (χ0v) is 17.6. The van der Waals surface area contributed by atoms with Gasteiger partial charge in [-0.15, -0.1) is 0 Å². The highest BCUT2D eigenvalue weighted by Gasteiger charge is 2.41. The number of halogens is 2. The van der Waals surface area contributed by atoms with Crippen LogP contribution in [0.25, 0.3) is 5.69 Å². The summed E-state index contributed by atoms with van der Waals surface area (Å²) in [7, 11) is 0. The summed E-state index contributed by atoms with van der Waals surface area (Å²) in [6.45, 7) is 1.44. The van der Waals surface area contributed by atoms with Crippen LogP contribution in [0.4, 0.5) is 0 Å². The number of aliphatic hydroxyl groups is 1. The van der Waals surface area contributed by atoms with Crippen molar-refractivity contribution in [1.29, 1.82) is 0 Å². The number of imidazole rings is 1. The van der Waals surface area contributed by atoms with Crippen molar-refractivity contribution in [3.63, 3.8) is 0 Å². The van der Waals surface area contributed by atoms with E-state index in [1.807, 2.05) is 30.3 Å². The number of rotatable bonds is 4. The fourth-order valence-electron chi connectivity index (χ4n) is 4.50. The second-order valence-corrected chi connectivity index (χ2v) is 8.68. The Bertz CT molecular complexity index is 1130. The number of ether oxygens (including phenoxy) is 1. The average Bonchev–Trinajstić information content (AvgIpc) is 3.42. The van der Waals surface area contributed by atoms with Gasteiger partial charge in [-0.05, 0) is 54.8 Å². The van der Waals surface area contributed by atoms with Gasteiger partial charge >= 0.3 is 5.69 Å². The number of aromatic nitrogens is 2. The Hall–Kier alpha value is -2.25. The number of aromatic amines is 1. The summed E-state index contributed by atoms with van der Waals surface area (Å²) in [5.74, 6) is 0.695. The minimum absolute atomic E-state index is 0.0695. The second kappa shape index (κ2) is 7.78. The second-order valence-electron chi connectivity index (χ2n) is 7.83. The van der Waals surface area contributed by atoms with Crippen molar-refractivity contribution < 1.29 is 9.84 Å². The Morgan fingerprint density at radius 1 is 1.17 bits per heavy atom. The molecule has 2 aromatic carbocycles. The maximum absolute atomic E-state index is 11.8. The van der Waals surface area contributed by atoms with Crippen LogP contribution in [0, 0.1) is 0 Å². The normalized spacial score (nSPS) is 23.6. The molecule has 30 heavy (non-hydrogen) atoms. The van der Waals surface area contributed by atoms with Crippen LogP contribution in [0.3, 0.4) is 0 Å². The van der Waals surface area contributed by atoms with Gasteiger partial charge in [0.25, 0.3) is 0 Å². The SMILES string of the molecule is O=c1[nH]ccn1-c1ccc(O[C@H]2c3cc(Cl)cc(Cl)c3C[C@@H]2N2CC[C@@H](O)C2)cc1. The average molecular weight is 446 g/mol. The molecule has 0 spiro atoms. The largest absolute Gasteiger partial charge is 0.484 e. The highest BCUT2D eigenvalue weighted by Crippen LogP contribution is 2.43. The molecule has 0 bridgehead atoms. The lowest BCUT2D eigenvalue weighted by atomic mass is 10.1. The minimum Gasteiger partial charge on any atom is -0.484 e. The number of β-amino-alcohol motifs (C(OH)–C–C–N with tert-alkyl or cyclic N) is 1. The van der Waals surface area contributed by atoms with Crippen molar-refractivity contribution in [1.82, 2.24) is 14.5 Å². The van der Waals surface area contributed by atoms with Crippen LogP contribution in [0.2, 0.25) is 10.0 Å². The first-order valence-electron chi connectivity index (χ1n) is 9.92. The molecule has 1 saturated heterocycles. The highest BCUT2D eigenvalue weighted by atomic mass is 35.5. The van der Waals surface area contributed by atoms with E-state index in [4.69, 9.17) is 27.9 Å². The first-order chi connectivity index (χ1) is 14.5. The molecule has 6 nitrogen and oxygen atoms in total. The molecule has 0 amide bonds. The molecule has 2 heterocycles. The zero-order valence-electron chi connectivity index (χ0n) is 16.1. The number of benzene rings is 2. The first kappa shape index (κ1) is 19.7. The molecule has 5 rings (SSSR count). The number of likely N-dealkylation sites (tertiary alicyclic amines) is 1. The standard InChI is InChI=1S/C22H21Cl2N3O3/c23-13-9-18-17(19(24)10-13)11-20(26-7-5-15(28)12-26)21(18)30-16-3-1-14(2-4-16)27-8-6-25-22(27)29/h1-4,6,8-10,15,20-21,28H,5,7,11-12H2,(H,25,29)/t15-,20+,21+/m1/s1. The smallest absolute Gasteiger partial charge is 0.330 e. The van der Waals surface area contributed by atoms with Crippen molar-refractivity contribution in [3.8, 4) is 11.4 Å². The van der Waals surface area contributed by atoms with Crippen molar-refractivity contribution in [2.75, 3.05) is 13.1 Å². The number of hydrogen-bond acceptors (Lipinski definition) is 4. The van der Waals surface area contributed by atoms with Crippen LogP contribution in [-0.4, -0.2) is 44.8 Å². The monoisotopic (exact) mass is 445 g/mol. The lowest BCUT2D eigenvalue weighted by molar-refractivity contribution is 0.0818. The molecule has 2 aliphatic rings. The van der Waals surface area contributed by atoms with E-state index >= 15 is 0 Å². The molecule has 8 heteroatoms. The fourth-order valence-corrected chi connectivity index (χ4v) is 5.09. The lowest BCUT2D eigenvalue weighted by Gasteiger charge is -2.30. The maximum Gasteiger partial charge on any atom is 0.330 e. The molecule has 156 valence electrons. The van der Waals surface area contributed by atoms with E-state index in [1.165, 1.54) is 4.57 Å². The van der Waals surface area contributed by atoms with E-state index in [9.17, 15) is 9.90 Å². The summed E-state index contributed by atoms with van der Waals surface area (Å²) in [6, 6.07) is 11.2. The summed E-state index contributed by atoms with van der Waals surface area (Å²) in [4.78, 5) is 16.7. The highest BCUT2D eigenvalue weighted by molar-refractivity contribution is 6.35. The topological polar surface area (TPSA) is 70.5 Å². The Kier molecular flexibility index (Phi) is 5.11. The Balaban J connectivity index is 1.46. The van der Waals surface area contributed by atoms with E-state index in [2.05, 4.69) is 9.88 Å². The molecule has 1 fully saturated rings. The van der Waals surface area contributed by atoms with E-state index < -0.39 is 0 Å². The van der Waals surface area contributed by atoms with Crippen molar-refractivity contribution >= 4 is 23.2 Å². The Morgan fingerprint density at radius 3 is 2.63 bits per heavy atom. The first-order valence-corrected chi connectivity index (χ1v) is 10.7. The third kappa shape index (κ3) is 3.54. The molecule has 0 radical (unpaired) electrons. The van der Waals surface area contributed by atoms with Crippen LogP contribution < -0.4 is 10.4 Å². The number of H-pyrrole nitrogens is 1. The molecule has 2 N–H and O–H groups in total. The van der Waals surface area contributed by atoms with Gasteiger partial charge in [-0.1, -0.05) is 23.2 Å². The summed E-state index contributed by atoms with van der Waals surface area (Å²) < 4.78 is 7.97. The van der Waals surface area contributed by atoms with Crippen molar-refractivity contribution in [2.24, 2.45) is 0 Å². The lowest BCUT2D eigenvalue weighted by Crippen LogP contribution is -2.39. The predicted octanol–water partition coefficient (Wildman–Crippen LogP) is 3.58. The van der Waals surface area contributed by atoms with Crippen molar-refractivity contribution in [2.45, 2.75) is 31.1 Å². The number of nitrogens with one attached hydrogen (secondary N) is 1. The van der Waals surface area contributed by atoms with Crippen LogP contribution in [-0.2, 0) is 6.42 Å². The van der Waals surface area contributed by atoms with Crippen molar-refractivity contribution in [3.05, 3.63) is 80.4 Å². The van der Waals surface area contributed by atoms with Gasteiger partial charge in [-0.25, -0.2) is 4.79 Å². The zero-order chi connectivity index (χ0) is 20.8. The third-order valence-corrected chi connectivity index (χ3v) is 6.51. The summed E-state index contributed by atoms with van der Waals surface area (Å²) in [5, 5.41) is 11.3. The number of aliphatic hydroxyl groups excluding tert-OH is 1. The predicted molar refractivity (Wildman–Crippen MR) is 116 cm³/mol. The van der Waals surface area contributed by atoms with Crippen LogP contribution >= 0.6 is 23.2 Å². The van der Waals surface area contributed by atoms with E-state index in [0.717, 1.165) is 36.2 Å². The summed E-state index contributed by atoms with van der Waals surface area (Å²) >= 11 is 12.8. The molecule has 1 aliphatic carbocycles. The number of hydrogen-bond donors (Lipinski definition) is 2. The fraction of sp³-hybridized carbons (Fsp3) is 0.318. The molecule has 1 aromatic heterocycles. The number of nitrogens with zero attached hydrogens (tertiary/aromatic N) is 2. The summed E-state index contributed by atoms with van der Waals surface area (Å²) in [5.41, 5.74) is 2.61. The van der Waals surface area contributed by atoms with Gasteiger partial charge in [-0.3, -0.25) is 9.47 Å². The molecule has 0 unspecified atom stereocenters. The van der Waals surface area contributed by atoms with E-state index in [0.29, 0.717) is 22.3 Å². The molecule has 3 atom stereocenters. The van der Waals surface area contributed by atoms with Gasteiger partial charge in [0, 0.05) is 41.1 Å². The Morgan fingerprint density at radius 2 is 1.97 bits per heavy atom. The van der Waals surface area contributed by atoms with Gasteiger partial charge in [0.15, 0.2) is 0 Å². The van der Waals surface area contributed by atoms with E-state index in [1.54, 1.807) is 18.5 Å². The maximum atomic E-state index is 11.8. The van der Waals surface area contributed by atoms with Crippen LogP contribution in [0.5, 0.6) is 5.75 Å². The minimum atomic E-state index is -0.313. The van der Waals surface area contributed by atoms with Gasteiger partial charge in [0.05, 0.1) is 17.8 Å². The molecule has 1 aliphatic heterocycles.